The van der Waals surface area contributed by atoms with E-state index in [9.17, 15) is 0 Å². The first-order chi connectivity index (χ1) is 8.56. The fraction of sp³-hybridized carbons (Fsp3) is 0.400. The zero-order valence-electron chi connectivity index (χ0n) is 11.4. The van der Waals surface area contributed by atoms with Crippen molar-refractivity contribution in [3.05, 3.63) is 40.9 Å². The van der Waals surface area contributed by atoms with E-state index in [4.69, 9.17) is 4.98 Å². The van der Waals surface area contributed by atoms with Crippen LogP contribution in [0, 0.1) is 0 Å². The molecule has 1 N–H and O–H groups in total. The van der Waals surface area contributed by atoms with Gasteiger partial charge in [-0.2, -0.15) is 0 Å². The molecular formula is C15H20N2S. The second kappa shape index (κ2) is 5.21. The van der Waals surface area contributed by atoms with Gasteiger partial charge in [-0.25, -0.2) is 4.98 Å². The van der Waals surface area contributed by atoms with Crippen LogP contribution in [-0.4, -0.2) is 12.0 Å². The summed E-state index contributed by atoms with van der Waals surface area (Å²) in [5, 5.41) is 6.52. The summed E-state index contributed by atoms with van der Waals surface area (Å²) in [7, 11) is 1.97. The summed E-state index contributed by atoms with van der Waals surface area (Å²) in [6.45, 7) is 6.46. The van der Waals surface area contributed by atoms with E-state index in [0.29, 0.717) is 0 Å². The van der Waals surface area contributed by atoms with Crippen LogP contribution in [0.1, 0.15) is 32.0 Å². The summed E-state index contributed by atoms with van der Waals surface area (Å²) in [6, 6.07) is 8.68. The van der Waals surface area contributed by atoms with Gasteiger partial charge < -0.3 is 5.32 Å². The number of aromatic nitrogens is 1. The lowest BCUT2D eigenvalue weighted by atomic mass is 10.0. The monoisotopic (exact) mass is 260 g/mol. The van der Waals surface area contributed by atoms with Gasteiger partial charge >= 0.3 is 0 Å². The number of nitrogens with one attached hydrogen (secondary N) is 1. The highest BCUT2D eigenvalue weighted by Gasteiger charge is 2.21. The molecule has 2 nitrogen and oxygen atoms in total. The summed E-state index contributed by atoms with van der Waals surface area (Å²) in [4.78, 5) is 4.73. The second-order valence-corrected chi connectivity index (χ2v) is 5.82. The minimum Gasteiger partial charge on any atom is -0.310 e. The summed E-state index contributed by atoms with van der Waals surface area (Å²) >= 11 is 1.71. The lowest BCUT2D eigenvalue weighted by Crippen LogP contribution is -2.33. The summed E-state index contributed by atoms with van der Waals surface area (Å²) in [5.41, 5.74) is 3.60. The number of thiazole rings is 1. The highest BCUT2D eigenvalue weighted by Crippen LogP contribution is 2.28. The SMILES string of the molecule is CCc1ccc(-c2nc(C(C)(C)NC)cs2)cc1. The molecular weight excluding hydrogens is 240 g/mol. The molecule has 0 aliphatic rings. The molecule has 1 heterocycles. The zero-order chi connectivity index (χ0) is 13.2. The molecule has 0 fully saturated rings. The highest BCUT2D eigenvalue weighted by molar-refractivity contribution is 7.13. The first-order valence-electron chi connectivity index (χ1n) is 6.31. The first kappa shape index (κ1) is 13.2. The van der Waals surface area contributed by atoms with Gasteiger partial charge in [-0.1, -0.05) is 31.2 Å². The Labute approximate surface area is 113 Å². The Morgan fingerprint density at radius 3 is 2.44 bits per heavy atom. The summed E-state index contributed by atoms with van der Waals surface area (Å²) in [6.07, 6.45) is 1.08. The maximum atomic E-state index is 4.73. The normalized spacial score (nSPS) is 11.8. The maximum absolute atomic E-state index is 4.73. The molecule has 0 bridgehead atoms. The van der Waals surface area contributed by atoms with Crippen LogP contribution in [0.3, 0.4) is 0 Å². The van der Waals surface area contributed by atoms with Crippen molar-refractivity contribution >= 4 is 11.3 Å². The number of hydrogen-bond donors (Lipinski definition) is 1. The third-order valence-corrected chi connectivity index (χ3v) is 4.27. The standard InChI is InChI=1S/C15H20N2S/c1-5-11-6-8-12(9-7-11)14-17-13(10-18-14)15(2,3)16-4/h6-10,16H,5H2,1-4H3. The van der Waals surface area contributed by atoms with Gasteiger partial charge in [0.1, 0.15) is 5.01 Å². The molecule has 1 aromatic heterocycles. The van der Waals surface area contributed by atoms with E-state index in [1.165, 1.54) is 11.1 Å². The second-order valence-electron chi connectivity index (χ2n) is 4.96. The predicted octanol–water partition coefficient (Wildman–Crippen LogP) is 3.83. The predicted molar refractivity (Wildman–Crippen MR) is 79.0 cm³/mol. The molecule has 0 spiro atoms. The Balaban J connectivity index is 2.29. The number of aryl methyl sites for hydroxylation is 1. The third kappa shape index (κ3) is 2.62. The van der Waals surface area contributed by atoms with Crippen molar-refractivity contribution in [2.24, 2.45) is 0 Å². The maximum Gasteiger partial charge on any atom is 0.123 e. The average Bonchev–Trinajstić information content (AvgIpc) is 2.89. The van der Waals surface area contributed by atoms with Gasteiger partial charge in [0.2, 0.25) is 0 Å². The van der Waals surface area contributed by atoms with E-state index in [1.54, 1.807) is 11.3 Å². The van der Waals surface area contributed by atoms with Crippen molar-refractivity contribution < 1.29 is 0 Å². The van der Waals surface area contributed by atoms with E-state index in [-0.39, 0.29) is 5.54 Å². The smallest absolute Gasteiger partial charge is 0.123 e. The van der Waals surface area contributed by atoms with Gasteiger partial charge in [-0.05, 0) is 32.9 Å². The van der Waals surface area contributed by atoms with E-state index < -0.39 is 0 Å². The Kier molecular flexibility index (Phi) is 3.83. The molecule has 96 valence electrons. The van der Waals surface area contributed by atoms with Gasteiger partial charge in [0.25, 0.3) is 0 Å². The molecule has 0 amide bonds. The molecule has 0 atom stereocenters. The third-order valence-electron chi connectivity index (χ3n) is 3.38. The lowest BCUT2D eigenvalue weighted by Gasteiger charge is -2.21. The summed E-state index contributed by atoms with van der Waals surface area (Å²) in [5.74, 6) is 0. The van der Waals surface area contributed by atoms with E-state index in [0.717, 1.165) is 17.1 Å². The van der Waals surface area contributed by atoms with Crippen molar-refractivity contribution in [3.63, 3.8) is 0 Å². The van der Waals surface area contributed by atoms with Crippen LogP contribution in [0.15, 0.2) is 29.6 Å². The van der Waals surface area contributed by atoms with Crippen LogP contribution >= 0.6 is 11.3 Å². The lowest BCUT2D eigenvalue weighted by molar-refractivity contribution is 0.434. The molecule has 2 rings (SSSR count). The fourth-order valence-corrected chi connectivity index (χ4v) is 2.70. The van der Waals surface area contributed by atoms with Gasteiger partial charge in [0.05, 0.1) is 11.2 Å². The van der Waals surface area contributed by atoms with Crippen molar-refractivity contribution in [1.29, 1.82) is 0 Å². The molecule has 0 saturated heterocycles. The van der Waals surface area contributed by atoms with Crippen molar-refractivity contribution in [2.45, 2.75) is 32.7 Å². The van der Waals surface area contributed by atoms with Gasteiger partial charge in [-0.15, -0.1) is 11.3 Å². The highest BCUT2D eigenvalue weighted by atomic mass is 32.1. The number of benzene rings is 1. The average molecular weight is 260 g/mol. The Morgan fingerprint density at radius 2 is 1.89 bits per heavy atom. The molecule has 1 aromatic carbocycles. The first-order valence-corrected chi connectivity index (χ1v) is 7.19. The summed E-state index contributed by atoms with van der Waals surface area (Å²) < 4.78 is 0. The molecule has 0 radical (unpaired) electrons. The Hall–Kier alpha value is -1.19. The fourth-order valence-electron chi connectivity index (χ4n) is 1.70. The molecule has 0 aliphatic heterocycles. The van der Waals surface area contributed by atoms with Gasteiger partial charge in [0, 0.05) is 10.9 Å². The zero-order valence-corrected chi connectivity index (χ0v) is 12.3. The van der Waals surface area contributed by atoms with Gasteiger partial charge in [0.15, 0.2) is 0 Å². The molecule has 0 saturated carbocycles. The largest absolute Gasteiger partial charge is 0.310 e. The van der Waals surface area contributed by atoms with Crippen LogP contribution in [0.25, 0.3) is 10.6 Å². The van der Waals surface area contributed by atoms with Crippen LogP contribution in [0.4, 0.5) is 0 Å². The molecule has 0 aliphatic carbocycles. The number of nitrogens with zero attached hydrogens (tertiary/aromatic N) is 1. The quantitative estimate of drug-likeness (QED) is 0.903. The number of hydrogen-bond acceptors (Lipinski definition) is 3. The topological polar surface area (TPSA) is 24.9 Å². The minimum absolute atomic E-state index is 0.0713. The molecule has 18 heavy (non-hydrogen) atoms. The van der Waals surface area contributed by atoms with E-state index in [2.05, 4.69) is 55.7 Å². The molecule has 0 unspecified atom stereocenters. The van der Waals surface area contributed by atoms with Crippen LogP contribution in [-0.2, 0) is 12.0 Å². The number of rotatable bonds is 4. The van der Waals surface area contributed by atoms with E-state index in [1.807, 2.05) is 7.05 Å². The van der Waals surface area contributed by atoms with Crippen LogP contribution in [0.5, 0.6) is 0 Å². The Bertz CT molecular complexity index is 512. The van der Waals surface area contributed by atoms with Crippen molar-refractivity contribution in [3.8, 4) is 10.6 Å². The van der Waals surface area contributed by atoms with Gasteiger partial charge in [-0.3, -0.25) is 0 Å². The minimum atomic E-state index is -0.0713. The van der Waals surface area contributed by atoms with Crippen molar-refractivity contribution in [1.82, 2.24) is 10.3 Å². The van der Waals surface area contributed by atoms with Crippen molar-refractivity contribution in [2.75, 3.05) is 7.05 Å². The van der Waals surface area contributed by atoms with Crippen LogP contribution in [0.2, 0.25) is 0 Å². The molecule has 2 aromatic rings. The van der Waals surface area contributed by atoms with Crippen LogP contribution < -0.4 is 5.32 Å². The Morgan fingerprint density at radius 1 is 1.22 bits per heavy atom. The molecule has 3 heteroatoms. The van der Waals surface area contributed by atoms with E-state index >= 15 is 0 Å².